The standard InChI is InChI=1S/C23H27N3O2/c1-25(20-13-6-9-17-8-2-3-10-18(17)20)23(28)16-24-19-11-4-5-12-21(19)26-15-7-14-22(26)27/h2-5,8,10-12,20,24H,6-7,9,13-16H2,1H3. The predicted octanol–water partition coefficient (Wildman–Crippen LogP) is 3.76. The number of fused-ring (bicyclic) bond motifs is 1. The van der Waals surface area contributed by atoms with Crippen LogP contribution in [0.2, 0.25) is 0 Å². The van der Waals surface area contributed by atoms with Crippen LogP contribution in [0.3, 0.4) is 0 Å². The van der Waals surface area contributed by atoms with Crippen LogP contribution >= 0.6 is 0 Å². The maximum absolute atomic E-state index is 12.9. The third-order valence-corrected chi connectivity index (χ3v) is 5.90. The van der Waals surface area contributed by atoms with E-state index in [1.54, 1.807) is 0 Å². The number of likely N-dealkylation sites (N-methyl/N-ethyl adjacent to an activating group) is 1. The van der Waals surface area contributed by atoms with Gasteiger partial charge in [-0.25, -0.2) is 0 Å². The second kappa shape index (κ2) is 8.05. The van der Waals surface area contributed by atoms with Crippen molar-refractivity contribution in [2.24, 2.45) is 0 Å². The third kappa shape index (κ3) is 3.61. The highest BCUT2D eigenvalue weighted by molar-refractivity contribution is 5.98. The first-order chi connectivity index (χ1) is 13.6. The molecule has 0 radical (unpaired) electrons. The van der Waals surface area contributed by atoms with Crippen LogP contribution in [0.25, 0.3) is 0 Å². The fourth-order valence-electron chi connectivity index (χ4n) is 4.36. The van der Waals surface area contributed by atoms with E-state index in [1.807, 2.05) is 41.1 Å². The van der Waals surface area contributed by atoms with E-state index in [1.165, 1.54) is 11.1 Å². The summed E-state index contributed by atoms with van der Waals surface area (Å²) in [5.41, 5.74) is 4.32. The molecule has 28 heavy (non-hydrogen) atoms. The normalized spacial score (nSPS) is 18.7. The minimum atomic E-state index is 0.0595. The number of nitrogens with one attached hydrogen (secondary N) is 1. The lowest BCUT2D eigenvalue weighted by Gasteiger charge is -2.33. The fourth-order valence-corrected chi connectivity index (χ4v) is 4.36. The highest BCUT2D eigenvalue weighted by Crippen LogP contribution is 2.34. The van der Waals surface area contributed by atoms with E-state index in [4.69, 9.17) is 0 Å². The first kappa shape index (κ1) is 18.5. The molecule has 1 fully saturated rings. The van der Waals surface area contributed by atoms with Crippen LogP contribution < -0.4 is 10.2 Å². The summed E-state index contributed by atoms with van der Waals surface area (Å²) >= 11 is 0. The van der Waals surface area contributed by atoms with Crippen molar-refractivity contribution in [3.63, 3.8) is 0 Å². The lowest BCUT2D eigenvalue weighted by molar-refractivity contribution is -0.130. The van der Waals surface area contributed by atoms with Gasteiger partial charge < -0.3 is 15.1 Å². The molecule has 2 aromatic carbocycles. The van der Waals surface area contributed by atoms with Gasteiger partial charge in [-0.3, -0.25) is 9.59 Å². The van der Waals surface area contributed by atoms with Gasteiger partial charge in [-0.1, -0.05) is 36.4 Å². The van der Waals surface area contributed by atoms with Crippen molar-refractivity contribution in [3.8, 4) is 0 Å². The summed E-state index contributed by atoms with van der Waals surface area (Å²) in [5.74, 6) is 0.209. The van der Waals surface area contributed by atoms with Crippen molar-refractivity contribution in [3.05, 3.63) is 59.7 Å². The molecule has 4 rings (SSSR count). The van der Waals surface area contributed by atoms with Gasteiger partial charge >= 0.3 is 0 Å². The minimum Gasteiger partial charge on any atom is -0.374 e. The van der Waals surface area contributed by atoms with Gasteiger partial charge in [0.1, 0.15) is 0 Å². The Bertz CT molecular complexity index is 880. The van der Waals surface area contributed by atoms with E-state index in [9.17, 15) is 9.59 Å². The Hall–Kier alpha value is -2.82. The number of carbonyl (C=O) groups is 2. The Kier molecular flexibility index (Phi) is 5.33. The van der Waals surface area contributed by atoms with E-state index < -0.39 is 0 Å². The first-order valence-corrected chi connectivity index (χ1v) is 10.1. The zero-order chi connectivity index (χ0) is 19.5. The van der Waals surface area contributed by atoms with Gasteiger partial charge in [0.25, 0.3) is 0 Å². The van der Waals surface area contributed by atoms with Crippen LogP contribution in [0, 0.1) is 0 Å². The molecular weight excluding hydrogens is 350 g/mol. The smallest absolute Gasteiger partial charge is 0.242 e. The number of hydrogen-bond donors (Lipinski definition) is 1. The Morgan fingerprint density at radius 3 is 2.71 bits per heavy atom. The molecule has 1 heterocycles. The Labute approximate surface area is 166 Å². The molecule has 0 aromatic heterocycles. The van der Waals surface area contributed by atoms with Gasteiger partial charge in [0.15, 0.2) is 0 Å². The molecule has 2 aliphatic rings. The molecule has 1 atom stereocenters. The topological polar surface area (TPSA) is 52.7 Å². The lowest BCUT2D eigenvalue weighted by Crippen LogP contribution is -2.37. The molecule has 2 amide bonds. The molecular formula is C23H27N3O2. The molecule has 1 aliphatic heterocycles. The Morgan fingerprint density at radius 2 is 1.89 bits per heavy atom. The number of nitrogens with zero attached hydrogens (tertiary/aromatic N) is 2. The SMILES string of the molecule is CN(C(=O)CNc1ccccc1N1CCCC1=O)C1CCCc2ccccc21. The number of amides is 2. The van der Waals surface area contributed by atoms with Gasteiger partial charge in [-0.15, -0.1) is 0 Å². The van der Waals surface area contributed by atoms with E-state index in [-0.39, 0.29) is 24.4 Å². The van der Waals surface area contributed by atoms with Gasteiger partial charge in [-0.2, -0.15) is 0 Å². The zero-order valence-electron chi connectivity index (χ0n) is 16.4. The first-order valence-electron chi connectivity index (χ1n) is 10.1. The van der Waals surface area contributed by atoms with Crippen molar-refractivity contribution < 1.29 is 9.59 Å². The molecule has 1 N–H and O–H groups in total. The lowest BCUT2D eigenvalue weighted by atomic mass is 9.87. The number of benzene rings is 2. The molecule has 146 valence electrons. The summed E-state index contributed by atoms with van der Waals surface area (Å²) in [6, 6.07) is 16.3. The molecule has 0 bridgehead atoms. The summed E-state index contributed by atoms with van der Waals surface area (Å²) in [4.78, 5) is 28.7. The van der Waals surface area contributed by atoms with Crippen molar-refractivity contribution in [2.75, 3.05) is 30.4 Å². The number of hydrogen-bond acceptors (Lipinski definition) is 3. The molecule has 5 heteroatoms. The molecule has 5 nitrogen and oxygen atoms in total. The van der Waals surface area contributed by atoms with Crippen molar-refractivity contribution in [1.82, 2.24) is 4.90 Å². The number of aryl methyl sites for hydroxylation is 1. The molecule has 0 spiro atoms. The van der Waals surface area contributed by atoms with Crippen molar-refractivity contribution >= 4 is 23.2 Å². The monoisotopic (exact) mass is 377 g/mol. The summed E-state index contributed by atoms with van der Waals surface area (Å²) in [6.07, 6.45) is 4.67. The van der Waals surface area contributed by atoms with Crippen molar-refractivity contribution in [1.29, 1.82) is 0 Å². The second-order valence-electron chi connectivity index (χ2n) is 7.63. The van der Waals surface area contributed by atoms with Crippen LogP contribution in [0.1, 0.15) is 42.9 Å². The summed E-state index contributed by atoms with van der Waals surface area (Å²) in [6.45, 7) is 0.957. The molecule has 1 unspecified atom stereocenters. The predicted molar refractivity (Wildman–Crippen MR) is 111 cm³/mol. The van der Waals surface area contributed by atoms with Crippen molar-refractivity contribution in [2.45, 2.75) is 38.1 Å². The maximum Gasteiger partial charge on any atom is 0.242 e. The maximum atomic E-state index is 12.9. The van der Waals surface area contributed by atoms with Crippen LogP contribution in [-0.2, 0) is 16.0 Å². The number of para-hydroxylation sites is 2. The zero-order valence-corrected chi connectivity index (χ0v) is 16.4. The number of anilines is 2. The highest BCUT2D eigenvalue weighted by atomic mass is 16.2. The molecule has 0 saturated carbocycles. The molecule has 1 saturated heterocycles. The van der Waals surface area contributed by atoms with Crippen LogP contribution in [0.4, 0.5) is 11.4 Å². The highest BCUT2D eigenvalue weighted by Gasteiger charge is 2.27. The van der Waals surface area contributed by atoms with E-state index in [2.05, 4.69) is 29.6 Å². The van der Waals surface area contributed by atoms with E-state index in [0.717, 1.165) is 43.6 Å². The van der Waals surface area contributed by atoms with Gasteiger partial charge in [0.05, 0.1) is 24.0 Å². The molecule has 2 aromatic rings. The second-order valence-corrected chi connectivity index (χ2v) is 7.63. The number of carbonyl (C=O) groups excluding carboxylic acids is 2. The van der Waals surface area contributed by atoms with E-state index >= 15 is 0 Å². The summed E-state index contributed by atoms with van der Waals surface area (Å²) in [5, 5.41) is 3.27. The van der Waals surface area contributed by atoms with Gasteiger partial charge in [0, 0.05) is 20.0 Å². The Balaban J connectivity index is 1.45. The Morgan fingerprint density at radius 1 is 1.11 bits per heavy atom. The average molecular weight is 377 g/mol. The van der Waals surface area contributed by atoms with Gasteiger partial charge in [0.2, 0.25) is 11.8 Å². The summed E-state index contributed by atoms with van der Waals surface area (Å²) in [7, 11) is 1.90. The molecule has 1 aliphatic carbocycles. The summed E-state index contributed by atoms with van der Waals surface area (Å²) < 4.78 is 0. The number of rotatable bonds is 5. The van der Waals surface area contributed by atoms with Crippen LogP contribution in [-0.4, -0.2) is 36.9 Å². The quantitative estimate of drug-likeness (QED) is 0.863. The van der Waals surface area contributed by atoms with Crippen LogP contribution in [0.15, 0.2) is 48.5 Å². The fraction of sp³-hybridized carbons (Fsp3) is 0.391. The van der Waals surface area contributed by atoms with Gasteiger partial charge in [-0.05, 0) is 48.9 Å². The average Bonchev–Trinajstić information content (AvgIpc) is 3.17. The third-order valence-electron chi connectivity index (χ3n) is 5.90. The van der Waals surface area contributed by atoms with Crippen LogP contribution in [0.5, 0.6) is 0 Å². The largest absolute Gasteiger partial charge is 0.374 e. The minimum absolute atomic E-state index is 0.0595. The van der Waals surface area contributed by atoms with E-state index in [0.29, 0.717) is 6.42 Å².